The van der Waals surface area contributed by atoms with Crippen molar-refractivity contribution in [2.24, 2.45) is 0 Å². The van der Waals surface area contributed by atoms with Crippen molar-refractivity contribution in [1.29, 1.82) is 0 Å². The average Bonchev–Trinajstić information content (AvgIpc) is 2.16. The van der Waals surface area contributed by atoms with E-state index in [1.807, 2.05) is 7.05 Å². The van der Waals surface area contributed by atoms with Gasteiger partial charge in [0, 0.05) is 18.6 Å². The molecule has 0 saturated carbocycles. The van der Waals surface area contributed by atoms with Crippen molar-refractivity contribution in [2.75, 3.05) is 13.6 Å². The molecule has 0 radical (unpaired) electrons. The molecule has 0 aliphatic heterocycles. The third-order valence-corrected chi connectivity index (χ3v) is 2.64. The molecule has 1 rings (SSSR count). The number of hydrogen-bond donors (Lipinski definition) is 2. The fourth-order valence-corrected chi connectivity index (χ4v) is 1.65. The summed E-state index contributed by atoms with van der Waals surface area (Å²) in [7, 11) is 1.98. The van der Waals surface area contributed by atoms with E-state index in [4.69, 9.17) is 0 Å². The monoisotopic (exact) mass is 206 g/mol. The number of nitrogens with one attached hydrogen (secondary N) is 2. The quantitative estimate of drug-likeness (QED) is 0.771. The van der Waals surface area contributed by atoms with E-state index in [0.29, 0.717) is 0 Å². The number of rotatable bonds is 5. The molecule has 0 bridgehead atoms. The Labute approximate surface area is 93.1 Å². The topological polar surface area (TPSA) is 24.1 Å². The summed E-state index contributed by atoms with van der Waals surface area (Å²) < 4.78 is 0. The SMILES string of the molecule is CNCC(C)(C)NCc1ccccc1C. The molecule has 1 aromatic rings. The van der Waals surface area contributed by atoms with Crippen molar-refractivity contribution in [3.8, 4) is 0 Å². The van der Waals surface area contributed by atoms with Crippen LogP contribution >= 0.6 is 0 Å². The van der Waals surface area contributed by atoms with Crippen molar-refractivity contribution in [3.05, 3.63) is 35.4 Å². The van der Waals surface area contributed by atoms with Crippen molar-refractivity contribution in [2.45, 2.75) is 32.9 Å². The minimum atomic E-state index is 0.136. The Morgan fingerprint density at radius 2 is 1.87 bits per heavy atom. The molecule has 0 heterocycles. The molecular weight excluding hydrogens is 184 g/mol. The van der Waals surface area contributed by atoms with Crippen LogP contribution in [0.15, 0.2) is 24.3 Å². The fraction of sp³-hybridized carbons (Fsp3) is 0.538. The zero-order valence-corrected chi connectivity index (χ0v) is 10.2. The van der Waals surface area contributed by atoms with Gasteiger partial charge in [0.1, 0.15) is 0 Å². The molecule has 2 N–H and O–H groups in total. The van der Waals surface area contributed by atoms with Crippen LogP contribution in [-0.4, -0.2) is 19.1 Å². The summed E-state index contributed by atoms with van der Waals surface area (Å²) >= 11 is 0. The van der Waals surface area contributed by atoms with E-state index in [9.17, 15) is 0 Å². The molecule has 15 heavy (non-hydrogen) atoms. The molecule has 0 fully saturated rings. The molecule has 0 aliphatic rings. The van der Waals surface area contributed by atoms with E-state index in [2.05, 4.69) is 55.7 Å². The molecule has 2 nitrogen and oxygen atoms in total. The Hall–Kier alpha value is -0.860. The summed E-state index contributed by atoms with van der Waals surface area (Å²) in [5.41, 5.74) is 2.86. The molecule has 0 saturated heterocycles. The van der Waals surface area contributed by atoms with Crippen LogP contribution in [0.2, 0.25) is 0 Å². The highest BCUT2D eigenvalue weighted by Crippen LogP contribution is 2.09. The van der Waals surface area contributed by atoms with E-state index in [-0.39, 0.29) is 5.54 Å². The summed E-state index contributed by atoms with van der Waals surface area (Å²) in [6.07, 6.45) is 0. The Morgan fingerprint density at radius 1 is 1.20 bits per heavy atom. The van der Waals surface area contributed by atoms with E-state index in [0.717, 1.165) is 13.1 Å². The normalized spacial score (nSPS) is 11.7. The van der Waals surface area contributed by atoms with E-state index < -0.39 is 0 Å². The highest BCUT2D eigenvalue weighted by Gasteiger charge is 2.15. The van der Waals surface area contributed by atoms with Crippen molar-refractivity contribution >= 4 is 0 Å². The van der Waals surface area contributed by atoms with Crippen LogP contribution in [0.1, 0.15) is 25.0 Å². The van der Waals surface area contributed by atoms with Crippen LogP contribution in [0, 0.1) is 6.92 Å². The predicted octanol–water partition coefficient (Wildman–Crippen LogP) is 2.08. The number of likely N-dealkylation sites (N-methyl/N-ethyl adjacent to an activating group) is 1. The first-order chi connectivity index (χ1) is 7.05. The van der Waals surface area contributed by atoms with Gasteiger partial charge < -0.3 is 10.6 Å². The van der Waals surface area contributed by atoms with Gasteiger partial charge in [-0.25, -0.2) is 0 Å². The van der Waals surface area contributed by atoms with Crippen LogP contribution in [0.3, 0.4) is 0 Å². The van der Waals surface area contributed by atoms with Crippen molar-refractivity contribution in [1.82, 2.24) is 10.6 Å². The molecule has 84 valence electrons. The average molecular weight is 206 g/mol. The summed E-state index contributed by atoms with van der Waals surface area (Å²) in [6, 6.07) is 8.51. The van der Waals surface area contributed by atoms with Gasteiger partial charge in [-0.1, -0.05) is 24.3 Å². The van der Waals surface area contributed by atoms with E-state index >= 15 is 0 Å². The Balaban J connectivity index is 2.53. The Kier molecular flexibility index (Phi) is 4.30. The molecule has 0 atom stereocenters. The van der Waals surface area contributed by atoms with E-state index in [1.165, 1.54) is 11.1 Å². The van der Waals surface area contributed by atoms with Gasteiger partial charge in [-0.3, -0.25) is 0 Å². The van der Waals surface area contributed by atoms with Gasteiger partial charge in [-0.05, 0) is 38.9 Å². The van der Waals surface area contributed by atoms with Crippen LogP contribution in [0.5, 0.6) is 0 Å². The Bertz CT molecular complexity index is 305. The van der Waals surface area contributed by atoms with Gasteiger partial charge in [0.2, 0.25) is 0 Å². The maximum atomic E-state index is 3.55. The minimum Gasteiger partial charge on any atom is -0.318 e. The second-order valence-electron chi connectivity index (χ2n) is 4.69. The van der Waals surface area contributed by atoms with Crippen molar-refractivity contribution in [3.63, 3.8) is 0 Å². The van der Waals surface area contributed by atoms with Crippen LogP contribution < -0.4 is 10.6 Å². The number of aryl methyl sites for hydroxylation is 1. The highest BCUT2D eigenvalue weighted by molar-refractivity contribution is 5.25. The van der Waals surface area contributed by atoms with Gasteiger partial charge in [-0.15, -0.1) is 0 Å². The first-order valence-electron chi connectivity index (χ1n) is 5.49. The molecule has 2 heteroatoms. The maximum Gasteiger partial charge on any atom is 0.0252 e. The van der Waals surface area contributed by atoms with Crippen LogP contribution in [-0.2, 0) is 6.54 Å². The largest absolute Gasteiger partial charge is 0.318 e. The lowest BCUT2D eigenvalue weighted by molar-refractivity contribution is 0.373. The fourth-order valence-electron chi connectivity index (χ4n) is 1.65. The lowest BCUT2D eigenvalue weighted by Crippen LogP contribution is -2.46. The van der Waals surface area contributed by atoms with Gasteiger partial charge in [-0.2, -0.15) is 0 Å². The second-order valence-corrected chi connectivity index (χ2v) is 4.69. The minimum absolute atomic E-state index is 0.136. The van der Waals surface area contributed by atoms with Gasteiger partial charge in [0.05, 0.1) is 0 Å². The molecule has 0 spiro atoms. The first kappa shape index (κ1) is 12.2. The molecule has 0 unspecified atom stereocenters. The standard InChI is InChI=1S/C13H22N2/c1-11-7-5-6-8-12(11)9-15-13(2,3)10-14-4/h5-8,14-15H,9-10H2,1-4H3. The molecule has 1 aromatic carbocycles. The van der Waals surface area contributed by atoms with Gasteiger partial charge >= 0.3 is 0 Å². The summed E-state index contributed by atoms with van der Waals surface area (Å²) in [4.78, 5) is 0. The Morgan fingerprint density at radius 3 is 2.47 bits per heavy atom. The van der Waals surface area contributed by atoms with Gasteiger partial charge in [0.15, 0.2) is 0 Å². The third-order valence-electron chi connectivity index (χ3n) is 2.64. The lowest BCUT2D eigenvalue weighted by Gasteiger charge is -2.26. The zero-order chi connectivity index (χ0) is 11.3. The number of benzene rings is 1. The third kappa shape index (κ3) is 4.02. The molecule has 0 aliphatic carbocycles. The van der Waals surface area contributed by atoms with Crippen molar-refractivity contribution < 1.29 is 0 Å². The van der Waals surface area contributed by atoms with Gasteiger partial charge in [0.25, 0.3) is 0 Å². The summed E-state index contributed by atoms with van der Waals surface area (Å²) in [5, 5.41) is 6.75. The first-order valence-corrected chi connectivity index (χ1v) is 5.49. The second kappa shape index (κ2) is 5.29. The predicted molar refractivity (Wildman–Crippen MR) is 66.0 cm³/mol. The van der Waals surface area contributed by atoms with Crippen LogP contribution in [0.4, 0.5) is 0 Å². The summed E-state index contributed by atoms with van der Waals surface area (Å²) in [5.74, 6) is 0. The summed E-state index contributed by atoms with van der Waals surface area (Å²) in [6.45, 7) is 8.48. The molecule has 0 amide bonds. The molecule has 0 aromatic heterocycles. The smallest absolute Gasteiger partial charge is 0.0252 e. The van der Waals surface area contributed by atoms with E-state index in [1.54, 1.807) is 0 Å². The molecular formula is C13H22N2. The maximum absolute atomic E-state index is 3.55. The highest BCUT2D eigenvalue weighted by atomic mass is 15.0. The zero-order valence-electron chi connectivity index (χ0n) is 10.2. The number of hydrogen-bond acceptors (Lipinski definition) is 2. The van der Waals surface area contributed by atoms with Crippen LogP contribution in [0.25, 0.3) is 0 Å². The lowest BCUT2D eigenvalue weighted by atomic mass is 10.0.